The van der Waals surface area contributed by atoms with Gasteiger partial charge in [-0.1, -0.05) is 17.8 Å². The molecule has 1 aromatic carbocycles. The van der Waals surface area contributed by atoms with E-state index in [1.165, 1.54) is 0 Å². The summed E-state index contributed by atoms with van der Waals surface area (Å²) in [6, 6.07) is 10.2. The Balaban J connectivity index is 1.55. The average Bonchev–Trinajstić information content (AvgIpc) is 3.16. The fourth-order valence-corrected chi connectivity index (χ4v) is 2.77. The maximum Gasteiger partial charge on any atom is 0.338 e. The highest BCUT2D eigenvalue weighted by molar-refractivity contribution is 7.99. The second-order valence-electron chi connectivity index (χ2n) is 5.99. The molecule has 3 rings (SSSR count). The fourth-order valence-electron chi connectivity index (χ4n) is 2.20. The average molecular weight is 398 g/mol. The van der Waals surface area contributed by atoms with Crippen molar-refractivity contribution in [1.82, 2.24) is 15.2 Å². The monoisotopic (exact) mass is 398 g/mol. The van der Waals surface area contributed by atoms with Gasteiger partial charge in [0, 0.05) is 18.1 Å². The van der Waals surface area contributed by atoms with Crippen LogP contribution in [0.3, 0.4) is 0 Å². The maximum absolute atomic E-state index is 12.2. The van der Waals surface area contributed by atoms with Crippen LogP contribution in [0.5, 0.6) is 0 Å². The topological polar surface area (TPSA) is 107 Å². The van der Waals surface area contributed by atoms with Crippen molar-refractivity contribution in [3.8, 4) is 11.5 Å². The van der Waals surface area contributed by atoms with Crippen LogP contribution in [0.2, 0.25) is 0 Å². The molecule has 0 bridgehead atoms. The van der Waals surface area contributed by atoms with Gasteiger partial charge in [-0.2, -0.15) is 0 Å². The second kappa shape index (κ2) is 9.14. The number of benzene rings is 1. The first-order valence-corrected chi connectivity index (χ1v) is 9.47. The van der Waals surface area contributed by atoms with Crippen molar-refractivity contribution in [2.75, 3.05) is 11.1 Å². The Bertz CT molecular complexity index is 959. The Kier molecular flexibility index (Phi) is 6.38. The molecule has 0 spiro atoms. The van der Waals surface area contributed by atoms with Crippen LogP contribution in [-0.2, 0) is 9.53 Å². The molecule has 0 unspecified atom stereocenters. The van der Waals surface area contributed by atoms with Gasteiger partial charge in [0.05, 0.1) is 23.0 Å². The smallest absolute Gasteiger partial charge is 0.338 e. The van der Waals surface area contributed by atoms with E-state index in [0.717, 1.165) is 11.8 Å². The summed E-state index contributed by atoms with van der Waals surface area (Å²) in [5.41, 5.74) is 1.58. The van der Waals surface area contributed by atoms with E-state index in [2.05, 4.69) is 20.5 Å². The van der Waals surface area contributed by atoms with Crippen LogP contribution < -0.4 is 5.32 Å². The number of rotatable bonds is 7. The van der Waals surface area contributed by atoms with Gasteiger partial charge >= 0.3 is 5.97 Å². The molecule has 2 heterocycles. The number of ether oxygens (including phenoxy) is 1. The summed E-state index contributed by atoms with van der Waals surface area (Å²) < 4.78 is 10.7. The van der Waals surface area contributed by atoms with E-state index in [1.54, 1.807) is 62.6 Å². The van der Waals surface area contributed by atoms with Crippen molar-refractivity contribution >= 4 is 29.3 Å². The molecule has 0 fully saturated rings. The molecule has 0 aliphatic carbocycles. The van der Waals surface area contributed by atoms with Gasteiger partial charge in [-0.25, -0.2) is 4.79 Å². The van der Waals surface area contributed by atoms with Crippen LogP contribution in [-0.4, -0.2) is 38.9 Å². The van der Waals surface area contributed by atoms with Gasteiger partial charge in [-0.15, -0.1) is 10.2 Å². The number of carbonyl (C=O) groups excluding carboxylic acids is 2. The molecule has 0 saturated carbocycles. The number of pyridine rings is 1. The predicted molar refractivity (Wildman–Crippen MR) is 104 cm³/mol. The molecule has 9 heteroatoms. The van der Waals surface area contributed by atoms with Gasteiger partial charge in [-0.05, 0) is 44.2 Å². The quantitative estimate of drug-likeness (QED) is 0.476. The third-order valence-electron chi connectivity index (χ3n) is 3.37. The van der Waals surface area contributed by atoms with Gasteiger partial charge in [0.25, 0.3) is 5.22 Å². The molecule has 0 saturated heterocycles. The van der Waals surface area contributed by atoms with Crippen molar-refractivity contribution in [1.29, 1.82) is 0 Å². The van der Waals surface area contributed by atoms with E-state index in [4.69, 9.17) is 9.15 Å². The van der Waals surface area contributed by atoms with Crippen molar-refractivity contribution in [2.24, 2.45) is 0 Å². The Morgan fingerprint density at radius 3 is 2.82 bits per heavy atom. The van der Waals surface area contributed by atoms with E-state index < -0.39 is 5.97 Å². The number of hydrogen-bond acceptors (Lipinski definition) is 8. The lowest BCUT2D eigenvalue weighted by atomic mass is 10.2. The zero-order valence-electron chi connectivity index (χ0n) is 15.3. The summed E-state index contributed by atoms with van der Waals surface area (Å²) in [6.45, 7) is 3.55. The lowest BCUT2D eigenvalue weighted by molar-refractivity contribution is -0.113. The molecular formula is C19H18N4O4S. The molecule has 0 aliphatic heterocycles. The number of anilines is 1. The summed E-state index contributed by atoms with van der Waals surface area (Å²) in [6.07, 6.45) is 3.05. The Morgan fingerprint density at radius 2 is 2.07 bits per heavy atom. The van der Waals surface area contributed by atoms with Gasteiger partial charge in [0.2, 0.25) is 11.8 Å². The summed E-state index contributed by atoms with van der Waals surface area (Å²) in [5.74, 6) is -0.280. The molecule has 28 heavy (non-hydrogen) atoms. The maximum atomic E-state index is 12.2. The summed E-state index contributed by atoms with van der Waals surface area (Å²) in [5, 5.41) is 10.9. The van der Waals surface area contributed by atoms with Crippen molar-refractivity contribution in [3.05, 3.63) is 54.4 Å². The van der Waals surface area contributed by atoms with Crippen LogP contribution in [0, 0.1) is 0 Å². The number of nitrogens with one attached hydrogen (secondary N) is 1. The molecule has 2 aromatic heterocycles. The summed E-state index contributed by atoms with van der Waals surface area (Å²) >= 11 is 1.12. The number of amides is 1. The van der Waals surface area contributed by atoms with Crippen LogP contribution >= 0.6 is 11.8 Å². The van der Waals surface area contributed by atoms with Crippen LogP contribution in [0.25, 0.3) is 11.5 Å². The lowest BCUT2D eigenvalue weighted by Crippen LogP contribution is -2.15. The van der Waals surface area contributed by atoms with Crippen molar-refractivity contribution in [3.63, 3.8) is 0 Å². The standard InChI is InChI=1S/C19H18N4O4S/c1-12(2)26-18(25)13-5-3-7-15(9-13)21-16(24)11-28-19-23-22-17(27-19)14-6-4-8-20-10-14/h3-10,12H,11H2,1-2H3,(H,21,24). The number of carbonyl (C=O) groups is 2. The zero-order chi connectivity index (χ0) is 19.9. The SMILES string of the molecule is CC(C)OC(=O)c1cccc(NC(=O)CSc2nnc(-c3cccnc3)o2)c1. The molecule has 144 valence electrons. The highest BCUT2D eigenvalue weighted by atomic mass is 32.2. The first-order chi connectivity index (χ1) is 13.5. The van der Waals surface area contributed by atoms with Crippen LogP contribution in [0.15, 0.2) is 58.4 Å². The van der Waals surface area contributed by atoms with Crippen LogP contribution in [0.1, 0.15) is 24.2 Å². The van der Waals surface area contributed by atoms with Gasteiger partial charge in [-0.3, -0.25) is 9.78 Å². The highest BCUT2D eigenvalue weighted by Crippen LogP contribution is 2.22. The molecular weight excluding hydrogens is 380 g/mol. The highest BCUT2D eigenvalue weighted by Gasteiger charge is 2.13. The second-order valence-corrected chi connectivity index (χ2v) is 6.91. The number of aromatic nitrogens is 3. The normalized spacial score (nSPS) is 10.7. The largest absolute Gasteiger partial charge is 0.459 e. The first-order valence-electron chi connectivity index (χ1n) is 8.49. The van der Waals surface area contributed by atoms with Gasteiger partial charge in [0.1, 0.15) is 0 Å². The number of hydrogen-bond donors (Lipinski definition) is 1. The zero-order valence-corrected chi connectivity index (χ0v) is 16.1. The Labute approximate surface area is 165 Å². The first kappa shape index (κ1) is 19.6. The minimum absolute atomic E-state index is 0.0787. The van der Waals surface area contributed by atoms with Crippen molar-refractivity contribution in [2.45, 2.75) is 25.2 Å². The fraction of sp³-hybridized carbons (Fsp3) is 0.211. The van der Waals surface area contributed by atoms with E-state index in [9.17, 15) is 9.59 Å². The number of nitrogens with zero attached hydrogens (tertiary/aromatic N) is 3. The molecule has 3 aromatic rings. The minimum Gasteiger partial charge on any atom is -0.459 e. The van der Waals surface area contributed by atoms with Crippen molar-refractivity contribution < 1.29 is 18.7 Å². The van der Waals surface area contributed by atoms with E-state index in [-0.39, 0.29) is 23.0 Å². The molecule has 1 N–H and O–H groups in total. The minimum atomic E-state index is -0.436. The molecule has 0 atom stereocenters. The van der Waals surface area contributed by atoms with Gasteiger partial charge < -0.3 is 14.5 Å². The summed E-state index contributed by atoms with van der Waals surface area (Å²) in [7, 11) is 0. The predicted octanol–water partition coefficient (Wildman–Crippen LogP) is 3.43. The number of esters is 1. The molecule has 0 aliphatic rings. The third-order valence-corrected chi connectivity index (χ3v) is 4.18. The Hall–Kier alpha value is -3.20. The molecule has 8 nitrogen and oxygen atoms in total. The van der Waals surface area contributed by atoms with E-state index >= 15 is 0 Å². The molecule has 0 radical (unpaired) electrons. The van der Waals surface area contributed by atoms with Crippen LogP contribution in [0.4, 0.5) is 5.69 Å². The van der Waals surface area contributed by atoms with E-state index in [1.807, 2.05) is 0 Å². The lowest BCUT2D eigenvalue weighted by Gasteiger charge is -2.09. The molecule has 1 amide bonds. The number of thioether (sulfide) groups is 1. The van der Waals surface area contributed by atoms with E-state index in [0.29, 0.717) is 22.7 Å². The Morgan fingerprint density at radius 1 is 1.21 bits per heavy atom. The summed E-state index contributed by atoms with van der Waals surface area (Å²) in [4.78, 5) is 28.1. The van der Waals surface area contributed by atoms with Gasteiger partial charge in [0.15, 0.2) is 0 Å². The third kappa shape index (κ3) is 5.40.